The summed E-state index contributed by atoms with van der Waals surface area (Å²) < 4.78 is 10.4. The molecule has 0 atom stereocenters. The Morgan fingerprint density at radius 2 is 1.47 bits per heavy atom. The fourth-order valence-corrected chi connectivity index (χ4v) is 1.60. The minimum absolute atomic E-state index is 0.582. The molecule has 5 nitrogen and oxygen atoms in total. The largest absolute Gasteiger partial charge is 0.494 e. The number of azo groups is 1. The molecule has 98 valence electrons. The number of nitrogens with two attached hydrogens (primary N) is 1. The molecule has 0 aliphatic heterocycles. The minimum atomic E-state index is 0.582. The van der Waals surface area contributed by atoms with Gasteiger partial charge < -0.3 is 15.2 Å². The summed E-state index contributed by atoms with van der Waals surface area (Å²) in [5.41, 5.74) is 7.57. The van der Waals surface area contributed by atoms with Crippen molar-refractivity contribution in [3.8, 4) is 11.5 Å². The maximum absolute atomic E-state index is 5.68. The molecule has 0 saturated heterocycles. The first-order valence-electron chi connectivity index (χ1n) is 5.73. The Bertz CT molecular complexity index is 597. The summed E-state index contributed by atoms with van der Waals surface area (Å²) in [4.78, 5) is 0. The van der Waals surface area contributed by atoms with E-state index < -0.39 is 0 Å². The lowest BCUT2D eigenvalue weighted by atomic mass is 10.2. The number of nitrogen functional groups attached to an aromatic ring is 1. The average molecular weight is 257 g/mol. The summed E-state index contributed by atoms with van der Waals surface area (Å²) in [7, 11) is 3.16. The number of hydrogen-bond acceptors (Lipinski definition) is 5. The quantitative estimate of drug-likeness (QED) is 0.670. The van der Waals surface area contributed by atoms with Crippen molar-refractivity contribution >= 4 is 17.1 Å². The van der Waals surface area contributed by atoms with Crippen LogP contribution in [0.5, 0.6) is 11.5 Å². The first kappa shape index (κ1) is 12.9. The van der Waals surface area contributed by atoms with Crippen LogP contribution in [0.4, 0.5) is 17.1 Å². The maximum atomic E-state index is 5.68. The van der Waals surface area contributed by atoms with Gasteiger partial charge in [-0.3, -0.25) is 0 Å². The van der Waals surface area contributed by atoms with E-state index in [1.165, 1.54) is 0 Å². The summed E-state index contributed by atoms with van der Waals surface area (Å²) in [6, 6.07) is 12.6. The third-order valence-corrected chi connectivity index (χ3v) is 2.55. The molecule has 2 aromatic carbocycles. The third-order valence-electron chi connectivity index (χ3n) is 2.55. The van der Waals surface area contributed by atoms with E-state index in [9.17, 15) is 0 Å². The molecule has 0 aliphatic carbocycles. The number of methoxy groups -OCH3 is 2. The van der Waals surface area contributed by atoms with Crippen LogP contribution in [-0.2, 0) is 0 Å². The van der Waals surface area contributed by atoms with Crippen LogP contribution < -0.4 is 15.2 Å². The number of hydrogen-bond donors (Lipinski definition) is 1. The van der Waals surface area contributed by atoms with Crippen molar-refractivity contribution in [2.45, 2.75) is 0 Å². The number of rotatable bonds is 4. The van der Waals surface area contributed by atoms with Gasteiger partial charge in [-0.15, -0.1) is 10.2 Å². The topological polar surface area (TPSA) is 69.2 Å². The van der Waals surface area contributed by atoms with Gasteiger partial charge in [-0.05, 0) is 24.3 Å². The van der Waals surface area contributed by atoms with Gasteiger partial charge in [-0.2, -0.15) is 0 Å². The number of ether oxygens (including phenoxy) is 2. The van der Waals surface area contributed by atoms with Crippen molar-refractivity contribution in [1.82, 2.24) is 0 Å². The van der Waals surface area contributed by atoms with Crippen LogP contribution >= 0.6 is 0 Å². The summed E-state index contributed by atoms with van der Waals surface area (Å²) in [5.74, 6) is 1.25. The second kappa shape index (κ2) is 5.86. The van der Waals surface area contributed by atoms with Gasteiger partial charge in [-0.25, -0.2) is 0 Å². The Hall–Kier alpha value is -2.56. The highest BCUT2D eigenvalue weighted by Gasteiger charge is 2.03. The fraction of sp³-hybridized carbons (Fsp3) is 0.143. The van der Waals surface area contributed by atoms with E-state index in [1.807, 2.05) is 24.3 Å². The molecule has 0 radical (unpaired) electrons. The summed E-state index contributed by atoms with van der Waals surface area (Å²) in [6.07, 6.45) is 0. The van der Waals surface area contributed by atoms with Gasteiger partial charge in [0.2, 0.25) is 0 Å². The molecule has 0 aliphatic rings. The van der Waals surface area contributed by atoms with Crippen molar-refractivity contribution < 1.29 is 9.47 Å². The standard InChI is InChI=1S/C14H15N3O2/c1-18-13-6-4-3-5-11(13)16-17-12-8-7-10(15)9-14(12)19-2/h3-9H,15H2,1-2H3/b17-16+. The van der Waals surface area contributed by atoms with E-state index in [1.54, 1.807) is 32.4 Å². The Balaban J connectivity index is 2.32. The molecule has 2 rings (SSSR count). The van der Waals surface area contributed by atoms with Crippen LogP contribution in [0.2, 0.25) is 0 Å². The van der Waals surface area contributed by atoms with Crippen molar-refractivity contribution in [1.29, 1.82) is 0 Å². The number of anilines is 1. The predicted octanol–water partition coefficient (Wildman–Crippen LogP) is 3.70. The highest BCUT2D eigenvalue weighted by molar-refractivity contribution is 5.59. The maximum Gasteiger partial charge on any atom is 0.148 e. The summed E-state index contributed by atoms with van der Waals surface area (Å²) >= 11 is 0. The summed E-state index contributed by atoms with van der Waals surface area (Å²) in [6.45, 7) is 0. The van der Waals surface area contributed by atoms with Crippen LogP contribution in [0.25, 0.3) is 0 Å². The number of para-hydroxylation sites is 1. The van der Waals surface area contributed by atoms with Crippen LogP contribution in [0.3, 0.4) is 0 Å². The zero-order chi connectivity index (χ0) is 13.7. The monoisotopic (exact) mass is 257 g/mol. The highest BCUT2D eigenvalue weighted by atomic mass is 16.5. The lowest BCUT2D eigenvalue weighted by Gasteiger charge is -2.05. The lowest BCUT2D eigenvalue weighted by Crippen LogP contribution is -1.87. The van der Waals surface area contributed by atoms with Gasteiger partial charge >= 0.3 is 0 Å². The molecular formula is C14H15N3O2. The van der Waals surface area contributed by atoms with Gasteiger partial charge in [0.15, 0.2) is 0 Å². The average Bonchev–Trinajstić information content (AvgIpc) is 2.46. The van der Waals surface area contributed by atoms with E-state index in [-0.39, 0.29) is 0 Å². The van der Waals surface area contributed by atoms with Crippen molar-refractivity contribution in [3.05, 3.63) is 42.5 Å². The van der Waals surface area contributed by atoms with Gasteiger partial charge in [-0.1, -0.05) is 12.1 Å². The Kier molecular flexibility index (Phi) is 3.97. The molecule has 0 saturated carbocycles. The Morgan fingerprint density at radius 1 is 0.842 bits per heavy atom. The fourth-order valence-electron chi connectivity index (χ4n) is 1.60. The third kappa shape index (κ3) is 3.01. The molecule has 0 amide bonds. The number of nitrogens with zero attached hydrogens (tertiary/aromatic N) is 2. The SMILES string of the molecule is COc1ccccc1/N=N/c1ccc(N)cc1OC. The molecule has 0 aromatic heterocycles. The molecule has 2 aromatic rings. The number of benzene rings is 2. The lowest BCUT2D eigenvalue weighted by molar-refractivity contribution is 0.414. The molecule has 5 heteroatoms. The first-order chi connectivity index (χ1) is 9.24. The molecule has 0 heterocycles. The Labute approximate surface area is 111 Å². The second-order valence-electron chi connectivity index (χ2n) is 3.80. The highest BCUT2D eigenvalue weighted by Crippen LogP contribution is 2.33. The Morgan fingerprint density at radius 3 is 2.16 bits per heavy atom. The van der Waals surface area contributed by atoms with Crippen molar-refractivity contribution in [3.63, 3.8) is 0 Å². The van der Waals surface area contributed by atoms with Crippen molar-refractivity contribution in [2.75, 3.05) is 20.0 Å². The van der Waals surface area contributed by atoms with Crippen molar-refractivity contribution in [2.24, 2.45) is 10.2 Å². The van der Waals surface area contributed by atoms with E-state index >= 15 is 0 Å². The minimum Gasteiger partial charge on any atom is -0.494 e. The van der Waals surface area contributed by atoms with Gasteiger partial charge in [0.1, 0.15) is 22.9 Å². The molecule has 0 unspecified atom stereocenters. The second-order valence-corrected chi connectivity index (χ2v) is 3.80. The predicted molar refractivity (Wildman–Crippen MR) is 74.6 cm³/mol. The molecule has 19 heavy (non-hydrogen) atoms. The molecular weight excluding hydrogens is 242 g/mol. The van der Waals surface area contributed by atoms with E-state index in [0.717, 1.165) is 0 Å². The molecule has 2 N–H and O–H groups in total. The van der Waals surface area contributed by atoms with Crippen LogP contribution in [0.15, 0.2) is 52.7 Å². The first-order valence-corrected chi connectivity index (χ1v) is 5.73. The van der Waals surface area contributed by atoms with E-state index in [0.29, 0.717) is 28.6 Å². The van der Waals surface area contributed by atoms with E-state index in [2.05, 4.69) is 10.2 Å². The van der Waals surface area contributed by atoms with Crippen LogP contribution in [-0.4, -0.2) is 14.2 Å². The molecule has 0 bridgehead atoms. The zero-order valence-corrected chi connectivity index (χ0v) is 10.8. The van der Waals surface area contributed by atoms with Gasteiger partial charge in [0.05, 0.1) is 14.2 Å². The van der Waals surface area contributed by atoms with Crippen LogP contribution in [0.1, 0.15) is 0 Å². The van der Waals surface area contributed by atoms with E-state index in [4.69, 9.17) is 15.2 Å². The normalized spacial score (nSPS) is 10.6. The van der Waals surface area contributed by atoms with Crippen LogP contribution in [0, 0.1) is 0 Å². The summed E-state index contributed by atoms with van der Waals surface area (Å²) in [5, 5.41) is 8.33. The smallest absolute Gasteiger partial charge is 0.148 e. The molecule has 0 spiro atoms. The van der Waals surface area contributed by atoms with Gasteiger partial charge in [0, 0.05) is 11.8 Å². The molecule has 0 fully saturated rings. The van der Waals surface area contributed by atoms with Gasteiger partial charge in [0.25, 0.3) is 0 Å². The zero-order valence-electron chi connectivity index (χ0n) is 10.8.